The maximum atomic E-state index is 12.8. The summed E-state index contributed by atoms with van der Waals surface area (Å²) in [7, 11) is 0. The zero-order valence-corrected chi connectivity index (χ0v) is 11.4. The third-order valence-corrected chi connectivity index (χ3v) is 2.59. The van der Waals surface area contributed by atoms with Gasteiger partial charge in [0.05, 0.1) is 11.9 Å². The molecule has 0 bridgehead atoms. The lowest BCUT2D eigenvalue weighted by Crippen LogP contribution is -2.18. The molecule has 24 heavy (non-hydrogen) atoms. The van der Waals surface area contributed by atoms with E-state index < -0.39 is 41.1 Å². The number of benzene rings is 1. The van der Waals surface area contributed by atoms with Gasteiger partial charge in [-0.05, 0) is 12.1 Å². The highest BCUT2D eigenvalue weighted by molar-refractivity contribution is 5.48. The van der Waals surface area contributed by atoms with Crippen LogP contribution in [0.3, 0.4) is 0 Å². The molecule has 0 aliphatic rings. The molecule has 0 aliphatic heterocycles. The van der Waals surface area contributed by atoms with Crippen LogP contribution >= 0.6 is 0 Å². The van der Waals surface area contributed by atoms with Crippen LogP contribution in [0.25, 0.3) is 0 Å². The largest absolute Gasteiger partial charge is 0.449 e. The molecule has 6 nitrogen and oxygen atoms in total. The summed E-state index contributed by atoms with van der Waals surface area (Å²) >= 11 is 0. The Labute approximate surface area is 130 Å². The summed E-state index contributed by atoms with van der Waals surface area (Å²) < 4.78 is 71.8. The number of hydrogen-bond acceptors (Lipinski definition) is 5. The Hall–Kier alpha value is -3.16. The zero-order chi connectivity index (χ0) is 17.9. The van der Waals surface area contributed by atoms with E-state index in [-0.39, 0.29) is 5.75 Å². The van der Waals surface area contributed by atoms with Gasteiger partial charge in [0.15, 0.2) is 5.69 Å². The molecular weight excluding hydrogens is 341 g/mol. The van der Waals surface area contributed by atoms with Crippen LogP contribution in [0.5, 0.6) is 17.2 Å². The molecule has 0 radical (unpaired) electrons. The number of rotatable bonds is 4. The molecule has 1 N–H and O–H groups in total. The maximum Gasteiger partial charge on any atom is 0.437 e. The number of nitrogens with zero attached hydrogens (tertiary/aromatic N) is 2. The lowest BCUT2D eigenvalue weighted by atomic mass is 10.2. The SMILES string of the molecule is N#Cc1cc(Oc2c(C(F)(F)F)nc[nH]c2=O)ccc1OC(F)F. The number of aromatic nitrogens is 2. The van der Waals surface area contributed by atoms with Gasteiger partial charge in [-0.25, -0.2) is 4.98 Å². The number of H-pyrrole nitrogens is 1. The predicted octanol–water partition coefficient (Wildman–Crippen LogP) is 3.05. The van der Waals surface area contributed by atoms with Gasteiger partial charge in [0.1, 0.15) is 17.6 Å². The molecule has 0 saturated carbocycles. The fourth-order valence-electron chi connectivity index (χ4n) is 1.66. The van der Waals surface area contributed by atoms with Crippen LogP contribution in [-0.2, 0) is 6.18 Å². The molecule has 0 fully saturated rings. The van der Waals surface area contributed by atoms with Crippen molar-refractivity contribution < 1.29 is 31.4 Å². The van der Waals surface area contributed by atoms with Gasteiger partial charge in [0, 0.05) is 6.07 Å². The molecule has 0 amide bonds. The van der Waals surface area contributed by atoms with Crippen LogP contribution in [0.15, 0.2) is 29.3 Å². The van der Waals surface area contributed by atoms with Crippen LogP contribution in [0.1, 0.15) is 11.3 Å². The molecule has 1 heterocycles. The number of nitrogens with one attached hydrogen (secondary N) is 1. The van der Waals surface area contributed by atoms with Gasteiger partial charge >= 0.3 is 12.8 Å². The average molecular weight is 347 g/mol. The second-order valence-corrected chi connectivity index (χ2v) is 4.16. The lowest BCUT2D eigenvalue weighted by molar-refractivity contribution is -0.142. The van der Waals surface area contributed by atoms with E-state index in [4.69, 9.17) is 10.00 Å². The number of ether oxygens (including phenoxy) is 2. The molecule has 2 aromatic rings. The highest BCUT2D eigenvalue weighted by Crippen LogP contribution is 2.35. The van der Waals surface area contributed by atoms with Crippen LogP contribution in [0.2, 0.25) is 0 Å². The smallest absolute Gasteiger partial charge is 0.437 e. The van der Waals surface area contributed by atoms with Crippen molar-refractivity contribution in [2.75, 3.05) is 0 Å². The van der Waals surface area contributed by atoms with E-state index >= 15 is 0 Å². The molecule has 0 unspecified atom stereocenters. The van der Waals surface area contributed by atoms with Gasteiger partial charge in [-0.3, -0.25) is 4.79 Å². The first-order valence-corrected chi connectivity index (χ1v) is 6.04. The molecule has 0 saturated heterocycles. The Balaban J connectivity index is 2.43. The van der Waals surface area contributed by atoms with Crippen LogP contribution in [0, 0.1) is 11.3 Å². The summed E-state index contributed by atoms with van der Waals surface area (Å²) in [6.07, 6.45) is -4.40. The molecule has 0 atom stereocenters. The van der Waals surface area contributed by atoms with E-state index in [1.807, 2.05) is 4.98 Å². The Kier molecular flexibility index (Phi) is 4.68. The number of aromatic amines is 1. The van der Waals surface area contributed by atoms with Crippen molar-refractivity contribution in [1.82, 2.24) is 9.97 Å². The molecule has 11 heteroatoms. The third kappa shape index (κ3) is 3.78. The fraction of sp³-hybridized carbons (Fsp3) is 0.154. The zero-order valence-electron chi connectivity index (χ0n) is 11.4. The Morgan fingerprint density at radius 1 is 1.29 bits per heavy atom. The van der Waals surface area contributed by atoms with Crippen molar-refractivity contribution in [3.8, 4) is 23.3 Å². The Morgan fingerprint density at radius 2 is 2.00 bits per heavy atom. The third-order valence-electron chi connectivity index (χ3n) is 2.59. The highest BCUT2D eigenvalue weighted by atomic mass is 19.4. The van der Waals surface area contributed by atoms with Crippen molar-refractivity contribution in [1.29, 1.82) is 5.26 Å². The minimum Gasteiger partial charge on any atom is -0.449 e. The quantitative estimate of drug-likeness (QED) is 0.859. The van der Waals surface area contributed by atoms with Crippen LogP contribution in [0.4, 0.5) is 22.0 Å². The predicted molar refractivity (Wildman–Crippen MR) is 67.7 cm³/mol. The van der Waals surface area contributed by atoms with Crippen molar-refractivity contribution in [3.63, 3.8) is 0 Å². The van der Waals surface area contributed by atoms with E-state index in [1.54, 1.807) is 0 Å². The van der Waals surface area contributed by atoms with Crippen LogP contribution < -0.4 is 15.0 Å². The minimum absolute atomic E-state index is 0.364. The van der Waals surface area contributed by atoms with Gasteiger partial charge in [-0.2, -0.15) is 27.2 Å². The number of hydrogen-bond donors (Lipinski definition) is 1. The average Bonchev–Trinajstić information content (AvgIpc) is 2.49. The highest BCUT2D eigenvalue weighted by Gasteiger charge is 2.38. The second kappa shape index (κ2) is 6.53. The summed E-state index contributed by atoms with van der Waals surface area (Å²) in [5, 5.41) is 8.87. The fourth-order valence-corrected chi connectivity index (χ4v) is 1.66. The summed E-state index contributed by atoms with van der Waals surface area (Å²) in [5.74, 6) is -2.00. The molecule has 0 aliphatic carbocycles. The van der Waals surface area contributed by atoms with Gasteiger partial charge in [0.25, 0.3) is 5.56 Å². The molecule has 126 valence electrons. The first-order chi connectivity index (χ1) is 11.2. The van der Waals surface area contributed by atoms with Gasteiger partial charge in [0.2, 0.25) is 5.75 Å². The first-order valence-electron chi connectivity index (χ1n) is 6.04. The molecule has 1 aromatic carbocycles. The van der Waals surface area contributed by atoms with E-state index in [9.17, 15) is 26.7 Å². The molecule has 1 aromatic heterocycles. The maximum absolute atomic E-state index is 12.8. The normalized spacial score (nSPS) is 11.2. The minimum atomic E-state index is -4.96. The molecule has 2 rings (SSSR count). The van der Waals surface area contributed by atoms with E-state index in [1.165, 1.54) is 6.07 Å². The Morgan fingerprint density at radius 3 is 2.58 bits per heavy atom. The van der Waals surface area contributed by atoms with Gasteiger partial charge in [-0.1, -0.05) is 0 Å². The second-order valence-electron chi connectivity index (χ2n) is 4.16. The summed E-state index contributed by atoms with van der Waals surface area (Å²) in [6.45, 7) is -3.19. The van der Waals surface area contributed by atoms with Crippen LogP contribution in [-0.4, -0.2) is 16.6 Å². The molecular formula is C13H6F5N3O3. The van der Waals surface area contributed by atoms with E-state index in [2.05, 4.69) is 9.72 Å². The van der Waals surface area contributed by atoms with E-state index in [0.29, 0.717) is 6.33 Å². The monoisotopic (exact) mass is 347 g/mol. The number of halogens is 5. The molecule has 0 spiro atoms. The Bertz CT molecular complexity index is 842. The van der Waals surface area contributed by atoms with Gasteiger partial charge in [-0.15, -0.1) is 0 Å². The van der Waals surface area contributed by atoms with Crippen molar-refractivity contribution in [3.05, 3.63) is 46.1 Å². The standard InChI is InChI=1S/C13H6F5N3O3/c14-12(15)24-8-2-1-7(3-6(8)4-19)23-9-10(13(16,17)18)20-5-21-11(9)22/h1-3,5,12H,(H,20,21,22). The summed E-state index contributed by atoms with van der Waals surface area (Å²) in [5.41, 5.74) is -3.19. The van der Waals surface area contributed by atoms with Crippen molar-refractivity contribution in [2.24, 2.45) is 0 Å². The summed E-state index contributed by atoms with van der Waals surface area (Å²) in [6, 6.07) is 4.24. The van der Waals surface area contributed by atoms with Crippen molar-refractivity contribution >= 4 is 0 Å². The van der Waals surface area contributed by atoms with Crippen molar-refractivity contribution in [2.45, 2.75) is 12.8 Å². The van der Waals surface area contributed by atoms with Gasteiger partial charge < -0.3 is 14.5 Å². The summed E-state index contributed by atoms with van der Waals surface area (Å²) in [4.78, 5) is 16.5. The first kappa shape index (κ1) is 17.2. The topological polar surface area (TPSA) is 88.0 Å². The number of alkyl halides is 5. The van der Waals surface area contributed by atoms with E-state index in [0.717, 1.165) is 18.2 Å². The lowest BCUT2D eigenvalue weighted by Gasteiger charge is -2.12. The number of nitriles is 1.